The average Bonchev–Trinajstić information content (AvgIpc) is 2.94. The minimum atomic E-state index is 0.185. The van der Waals surface area contributed by atoms with Gasteiger partial charge in [-0.2, -0.15) is 5.10 Å². The van der Waals surface area contributed by atoms with Crippen molar-refractivity contribution in [1.29, 1.82) is 0 Å². The van der Waals surface area contributed by atoms with Crippen molar-refractivity contribution in [2.24, 2.45) is 0 Å². The molecule has 0 aromatic carbocycles. The van der Waals surface area contributed by atoms with Crippen LogP contribution in [0.25, 0.3) is 0 Å². The third-order valence-electron chi connectivity index (χ3n) is 4.18. The fourth-order valence-corrected chi connectivity index (χ4v) is 3.21. The van der Waals surface area contributed by atoms with E-state index in [1.807, 2.05) is 6.20 Å². The van der Waals surface area contributed by atoms with Crippen molar-refractivity contribution < 1.29 is 4.74 Å². The molecule has 1 aromatic heterocycles. The Morgan fingerprint density at radius 3 is 2.94 bits per heavy atom. The minimum absolute atomic E-state index is 0.185. The smallest absolute Gasteiger partial charge is 0.160 e. The number of nitrogens with one attached hydrogen (secondary N) is 1. The lowest BCUT2D eigenvalue weighted by molar-refractivity contribution is 0.364. The van der Waals surface area contributed by atoms with Gasteiger partial charge < -0.3 is 10.1 Å². The van der Waals surface area contributed by atoms with Crippen LogP contribution < -0.4 is 10.1 Å². The first-order valence-corrected chi connectivity index (χ1v) is 6.92. The number of methoxy groups -OCH3 is 1. The molecule has 0 saturated heterocycles. The highest BCUT2D eigenvalue weighted by atomic mass is 16.5. The van der Waals surface area contributed by atoms with E-state index in [1.54, 1.807) is 7.11 Å². The van der Waals surface area contributed by atoms with E-state index in [1.165, 1.54) is 18.5 Å². The van der Waals surface area contributed by atoms with Crippen LogP contribution in [0.2, 0.25) is 0 Å². The number of hydrogen-bond acceptors (Lipinski definition) is 3. The molecule has 1 aliphatic rings. The quantitative estimate of drug-likeness (QED) is 0.873. The Kier molecular flexibility index (Phi) is 3.95. The highest BCUT2D eigenvalue weighted by Gasteiger charge is 2.40. The molecule has 102 valence electrons. The van der Waals surface area contributed by atoms with Crippen molar-refractivity contribution in [3.63, 3.8) is 0 Å². The molecule has 0 bridgehead atoms. The second-order valence-electron chi connectivity index (χ2n) is 5.57. The van der Waals surface area contributed by atoms with Crippen LogP contribution in [0.3, 0.4) is 0 Å². The van der Waals surface area contributed by atoms with Gasteiger partial charge in [0.1, 0.15) is 0 Å². The second kappa shape index (κ2) is 5.31. The molecule has 1 saturated carbocycles. The minimum Gasteiger partial charge on any atom is -0.493 e. The van der Waals surface area contributed by atoms with E-state index in [0.29, 0.717) is 6.04 Å². The summed E-state index contributed by atoms with van der Waals surface area (Å²) in [7, 11) is 3.79. The van der Waals surface area contributed by atoms with Gasteiger partial charge in [0.15, 0.2) is 5.75 Å². The molecule has 0 aliphatic heterocycles. The van der Waals surface area contributed by atoms with Gasteiger partial charge in [0, 0.05) is 18.0 Å². The van der Waals surface area contributed by atoms with E-state index in [-0.39, 0.29) is 5.41 Å². The van der Waals surface area contributed by atoms with Crippen LogP contribution in [0, 0.1) is 0 Å². The molecule has 2 unspecified atom stereocenters. The number of rotatable bonds is 5. The van der Waals surface area contributed by atoms with Crippen molar-refractivity contribution >= 4 is 0 Å². The van der Waals surface area contributed by atoms with E-state index >= 15 is 0 Å². The lowest BCUT2D eigenvalue weighted by Crippen LogP contribution is -2.28. The third kappa shape index (κ3) is 2.26. The van der Waals surface area contributed by atoms with Gasteiger partial charge >= 0.3 is 0 Å². The monoisotopic (exact) mass is 251 g/mol. The molecular formula is C14H25N3O. The van der Waals surface area contributed by atoms with Crippen LogP contribution >= 0.6 is 0 Å². The first-order valence-electron chi connectivity index (χ1n) is 6.92. The SMILES string of the molecule is CCCn1ncc(OC)c1C1(C)CCC(NC)C1. The first kappa shape index (κ1) is 13.4. The molecule has 0 amide bonds. The van der Waals surface area contributed by atoms with Crippen molar-refractivity contribution in [3.8, 4) is 5.75 Å². The molecule has 4 heteroatoms. The fraction of sp³-hybridized carbons (Fsp3) is 0.786. The number of nitrogens with zero attached hydrogens (tertiary/aromatic N) is 2. The van der Waals surface area contributed by atoms with Gasteiger partial charge in [-0.1, -0.05) is 13.8 Å². The summed E-state index contributed by atoms with van der Waals surface area (Å²) in [5, 5.41) is 7.89. The van der Waals surface area contributed by atoms with E-state index in [9.17, 15) is 0 Å². The summed E-state index contributed by atoms with van der Waals surface area (Å²) in [6.07, 6.45) is 6.55. The van der Waals surface area contributed by atoms with Crippen molar-refractivity contribution in [2.75, 3.05) is 14.2 Å². The Bertz CT molecular complexity index is 402. The summed E-state index contributed by atoms with van der Waals surface area (Å²) >= 11 is 0. The van der Waals surface area contributed by atoms with Gasteiger partial charge in [-0.05, 0) is 32.7 Å². The number of aromatic nitrogens is 2. The molecule has 0 spiro atoms. The Hall–Kier alpha value is -1.03. The van der Waals surface area contributed by atoms with Gasteiger partial charge in [0.2, 0.25) is 0 Å². The highest BCUT2D eigenvalue weighted by molar-refractivity contribution is 5.33. The molecular weight excluding hydrogens is 226 g/mol. The first-order chi connectivity index (χ1) is 8.64. The number of hydrogen-bond donors (Lipinski definition) is 1. The molecule has 1 N–H and O–H groups in total. The van der Waals surface area contributed by atoms with E-state index in [0.717, 1.165) is 25.1 Å². The second-order valence-corrected chi connectivity index (χ2v) is 5.57. The van der Waals surface area contributed by atoms with Crippen LogP contribution in [0.15, 0.2) is 6.20 Å². The van der Waals surface area contributed by atoms with Crippen molar-refractivity contribution in [2.45, 2.75) is 57.5 Å². The van der Waals surface area contributed by atoms with Gasteiger partial charge in [-0.3, -0.25) is 4.68 Å². The van der Waals surface area contributed by atoms with E-state index in [4.69, 9.17) is 4.74 Å². The number of ether oxygens (including phenoxy) is 1. The van der Waals surface area contributed by atoms with Crippen molar-refractivity contribution in [1.82, 2.24) is 15.1 Å². The predicted octanol–water partition coefficient (Wildman–Crippen LogP) is 2.33. The fourth-order valence-electron chi connectivity index (χ4n) is 3.21. The topological polar surface area (TPSA) is 39.1 Å². The lowest BCUT2D eigenvalue weighted by Gasteiger charge is -2.26. The van der Waals surface area contributed by atoms with Gasteiger partial charge in [0.25, 0.3) is 0 Å². The lowest BCUT2D eigenvalue weighted by atomic mass is 9.84. The third-order valence-corrected chi connectivity index (χ3v) is 4.18. The summed E-state index contributed by atoms with van der Waals surface area (Å²) in [5.74, 6) is 0.947. The summed E-state index contributed by atoms with van der Waals surface area (Å²) in [5.41, 5.74) is 1.47. The molecule has 2 atom stereocenters. The molecule has 1 fully saturated rings. The van der Waals surface area contributed by atoms with Crippen LogP contribution in [0.5, 0.6) is 5.75 Å². The molecule has 0 radical (unpaired) electrons. The normalized spacial score (nSPS) is 27.7. The summed E-state index contributed by atoms with van der Waals surface area (Å²) < 4.78 is 7.65. The standard InChI is InChI=1S/C14H25N3O/c1-5-8-17-13(12(18-4)10-16-17)14(2)7-6-11(9-14)15-3/h10-11,15H,5-9H2,1-4H3. The maximum Gasteiger partial charge on any atom is 0.160 e. The zero-order valence-corrected chi connectivity index (χ0v) is 12.0. The van der Waals surface area contributed by atoms with Crippen LogP contribution in [-0.4, -0.2) is 30.0 Å². The number of aryl methyl sites for hydroxylation is 1. The van der Waals surface area contributed by atoms with Gasteiger partial charge in [-0.25, -0.2) is 0 Å². The van der Waals surface area contributed by atoms with Gasteiger partial charge in [-0.15, -0.1) is 0 Å². The largest absolute Gasteiger partial charge is 0.493 e. The average molecular weight is 251 g/mol. The Labute approximate surface area is 110 Å². The van der Waals surface area contributed by atoms with Gasteiger partial charge in [0.05, 0.1) is 19.0 Å². The summed E-state index contributed by atoms with van der Waals surface area (Å²) in [6.45, 7) is 5.50. The summed E-state index contributed by atoms with van der Waals surface area (Å²) in [6, 6.07) is 0.615. The predicted molar refractivity (Wildman–Crippen MR) is 73.1 cm³/mol. The van der Waals surface area contributed by atoms with E-state index in [2.05, 4.69) is 36.0 Å². The molecule has 1 heterocycles. The Balaban J connectivity index is 2.33. The molecule has 1 aliphatic carbocycles. The zero-order valence-electron chi connectivity index (χ0n) is 12.0. The highest BCUT2D eigenvalue weighted by Crippen LogP contribution is 2.44. The van der Waals surface area contributed by atoms with Crippen LogP contribution in [-0.2, 0) is 12.0 Å². The zero-order chi connectivity index (χ0) is 13.2. The summed E-state index contributed by atoms with van der Waals surface area (Å²) in [4.78, 5) is 0. The Morgan fingerprint density at radius 1 is 1.61 bits per heavy atom. The van der Waals surface area contributed by atoms with E-state index < -0.39 is 0 Å². The van der Waals surface area contributed by atoms with Crippen molar-refractivity contribution in [3.05, 3.63) is 11.9 Å². The maximum atomic E-state index is 5.52. The molecule has 18 heavy (non-hydrogen) atoms. The molecule has 1 aromatic rings. The van der Waals surface area contributed by atoms with Crippen LogP contribution in [0.1, 0.15) is 45.2 Å². The van der Waals surface area contributed by atoms with Crippen LogP contribution in [0.4, 0.5) is 0 Å². The Morgan fingerprint density at radius 2 is 2.39 bits per heavy atom. The molecule has 2 rings (SSSR count). The molecule has 4 nitrogen and oxygen atoms in total. The maximum absolute atomic E-state index is 5.52.